The number of aryl methyl sites for hydroxylation is 1. The highest BCUT2D eigenvalue weighted by Gasteiger charge is 2.55. The Morgan fingerprint density at radius 1 is 1.22 bits per heavy atom. The van der Waals surface area contributed by atoms with Gasteiger partial charge in [0.1, 0.15) is 17.3 Å². The molecule has 0 unspecified atom stereocenters. The van der Waals surface area contributed by atoms with Crippen molar-refractivity contribution < 1.29 is 23.9 Å². The van der Waals surface area contributed by atoms with Gasteiger partial charge in [-0.2, -0.15) is 0 Å². The highest BCUT2D eigenvalue weighted by Crippen LogP contribution is 2.41. The van der Waals surface area contributed by atoms with Gasteiger partial charge in [-0.05, 0) is 37.3 Å². The van der Waals surface area contributed by atoms with Gasteiger partial charge in [-0.25, -0.2) is 4.79 Å². The van der Waals surface area contributed by atoms with Gasteiger partial charge in [0.2, 0.25) is 5.91 Å². The first kappa shape index (κ1) is 20.5. The van der Waals surface area contributed by atoms with Crippen LogP contribution in [-0.4, -0.2) is 41.8 Å². The number of nitrogens with one attached hydrogen (secondary N) is 2. The van der Waals surface area contributed by atoms with Crippen LogP contribution in [0.3, 0.4) is 0 Å². The number of imide groups is 1. The fraction of sp³-hybridized carbons (Fsp3) is 0.364. The molecule has 1 saturated heterocycles. The number of hydrogen-bond donors (Lipinski definition) is 3. The van der Waals surface area contributed by atoms with E-state index >= 15 is 0 Å². The van der Waals surface area contributed by atoms with Crippen molar-refractivity contribution in [1.82, 2.24) is 10.2 Å². The van der Waals surface area contributed by atoms with Gasteiger partial charge in [0, 0.05) is 16.9 Å². The van der Waals surface area contributed by atoms with E-state index in [0.29, 0.717) is 21.9 Å². The van der Waals surface area contributed by atoms with Crippen LogP contribution in [0.4, 0.5) is 9.80 Å². The lowest BCUT2D eigenvalue weighted by molar-refractivity contribution is -0.135. The summed E-state index contributed by atoms with van der Waals surface area (Å²) >= 11 is 1.34. The number of anilines is 1. The molecule has 2 aromatic rings. The molecular weight excluding hydrogens is 432 g/mol. The number of ether oxygens (including phenoxy) is 1. The van der Waals surface area contributed by atoms with E-state index in [0.717, 1.165) is 41.0 Å². The van der Waals surface area contributed by atoms with Gasteiger partial charge in [-0.15, -0.1) is 11.3 Å². The third-order valence-electron chi connectivity index (χ3n) is 6.23. The SMILES string of the molecule is NC(=O)c1c(NC(=O)CN2C(=O)N[C@]3(CCOc4ccccc43)C2=O)sc2c1CCCC2. The van der Waals surface area contributed by atoms with Gasteiger partial charge in [0.25, 0.3) is 11.8 Å². The molecule has 3 aliphatic rings. The van der Waals surface area contributed by atoms with Gasteiger partial charge >= 0.3 is 6.03 Å². The lowest BCUT2D eigenvalue weighted by Crippen LogP contribution is -2.48. The second-order valence-electron chi connectivity index (χ2n) is 8.15. The van der Waals surface area contributed by atoms with Crippen molar-refractivity contribution >= 4 is 40.1 Å². The van der Waals surface area contributed by atoms with E-state index in [1.807, 2.05) is 0 Å². The summed E-state index contributed by atoms with van der Waals surface area (Å²) in [6.07, 6.45) is 3.85. The van der Waals surface area contributed by atoms with E-state index in [2.05, 4.69) is 10.6 Å². The maximum atomic E-state index is 13.3. The Morgan fingerprint density at radius 3 is 2.81 bits per heavy atom. The van der Waals surface area contributed by atoms with Crippen molar-refractivity contribution in [1.29, 1.82) is 0 Å². The van der Waals surface area contributed by atoms with Crippen molar-refractivity contribution in [2.75, 3.05) is 18.5 Å². The molecule has 166 valence electrons. The van der Waals surface area contributed by atoms with E-state index in [-0.39, 0.29) is 13.0 Å². The number of nitrogens with zero attached hydrogens (tertiary/aromatic N) is 1. The molecule has 5 rings (SSSR count). The highest BCUT2D eigenvalue weighted by molar-refractivity contribution is 7.17. The van der Waals surface area contributed by atoms with Crippen molar-refractivity contribution in [3.05, 3.63) is 45.8 Å². The van der Waals surface area contributed by atoms with E-state index < -0.39 is 35.8 Å². The predicted octanol–water partition coefficient (Wildman–Crippen LogP) is 1.89. The van der Waals surface area contributed by atoms with Crippen molar-refractivity contribution in [2.45, 2.75) is 37.6 Å². The minimum atomic E-state index is -1.24. The molecule has 1 atom stereocenters. The molecule has 0 radical (unpaired) electrons. The van der Waals surface area contributed by atoms with E-state index in [1.54, 1.807) is 24.3 Å². The standard InChI is InChI=1S/C22H22N4O5S/c23-18(28)17-12-5-1-4-8-15(12)32-19(17)24-16(27)11-26-20(29)22(25-21(26)30)9-10-31-14-7-3-2-6-13(14)22/h2-3,6-7H,1,4-5,8-11H2,(H2,23,28)(H,24,27)(H,25,30)/t22-/m0/s1. The van der Waals surface area contributed by atoms with E-state index in [4.69, 9.17) is 10.5 Å². The highest BCUT2D eigenvalue weighted by atomic mass is 32.1. The van der Waals surface area contributed by atoms with Crippen LogP contribution in [-0.2, 0) is 28.0 Å². The molecular formula is C22H22N4O5S. The van der Waals surface area contributed by atoms with Gasteiger partial charge in [-0.1, -0.05) is 18.2 Å². The number of carbonyl (C=O) groups is 4. The number of carbonyl (C=O) groups excluding carboxylic acids is 4. The topological polar surface area (TPSA) is 131 Å². The number of fused-ring (bicyclic) bond motifs is 3. The lowest BCUT2D eigenvalue weighted by Gasteiger charge is -2.33. The van der Waals surface area contributed by atoms with Crippen LogP contribution in [0.5, 0.6) is 5.75 Å². The van der Waals surface area contributed by atoms with Crippen LogP contribution in [0.2, 0.25) is 0 Å². The van der Waals surface area contributed by atoms with Crippen LogP contribution in [0.15, 0.2) is 24.3 Å². The minimum absolute atomic E-state index is 0.270. The number of thiophene rings is 1. The van der Waals surface area contributed by atoms with Crippen LogP contribution in [0.25, 0.3) is 0 Å². The minimum Gasteiger partial charge on any atom is -0.493 e. The molecule has 10 heteroatoms. The fourth-order valence-corrected chi connectivity index (χ4v) is 6.05. The Labute approximate surface area is 187 Å². The van der Waals surface area contributed by atoms with Gasteiger partial charge in [0.15, 0.2) is 5.54 Å². The summed E-state index contributed by atoms with van der Waals surface area (Å²) in [6.45, 7) is -0.192. The van der Waals surface area contributed by atoms with Crippen LogP contribution >= 0.6 is 11.3 Å². The first-order valence-electron chi connectivity index (χ1n) is 10.5. The van der Waals surface area contributed by atoms with Gasteiger partial charge in [0.05, 0.1) is 12.2 Å². The smallest absolute Gasteiger partial charge is 0.325 e. The summed E-state index contributed by atoms with van der Waals surface area (Å²) in [5.41, 5.74) is 6.15. The van der Waals surface area contributed by atoms with Crippen molar-refractivity contribution in [2.24, 2.45) is 5.73 Å². The molecule has 1 aliphatic carbocycles. The predicted molar refractivity (Wildman–Crippen MR) is 117 cm³/mol. The maximum absolute atomic E-state index is 13.3. The van der Waals surface area contributed by atoms with E-state index in [1.165, 1.54) is 11.3 Å². The number of nitrogens with two attached hydrogens (primary N) is 1. The molecule has 9 nitrogen and oxygen atoms in total. The molecule has 2 aliphatic heterocycles. The molecule has 0 saturated carbocycles. The third-order valence-corrected chi connectivity index (χ3v) is 7.44. The second-order valence-corrected chi connectivity index (χ2v) is 9.25. The lowest BCUT2D eigenvalue weighted by atomic mass is 9.84. The molecule has 1 spiro atoms. The van der Waals surface area contributed by atoms with Crippen molar-refractivity contribution in [3.63, 3.8) is 0 Å². The Morgan fingerprint density at radius 2 is 2.00 bits per heavy atom. The summed E-state index contributed by atoms with van der Waals surface area (Å²) in [5, 5.41) is 5.86. The molecule has 3 heterocycles. The molecule has 1 fully saturated rings. The van der Waals surface area contributed by atoms with E-state index in [9.17, 15) is 19.2 Å². The summed E-state index contributed by atoms with van der Waals surface area (Å²) < 4.78 is 5.62. The maximum Gasteiger partial charge on any atom is 0.325 e. The number of urea groups is 1. The molecule has 0 bridgehead atoms. The molecule has 32 heavy (non-hydrogen) atoms. The Balaban J connectivity index is 1.37. The fourth-order valence-electron chi connectivity index (χ4n) is 4.74. The van der Waals surface area contributed by atoms with Crippen LogP contribution in [0, 0.1) is 0 Å². The number of rotatable bonds is 4. The Hall–Kier alpha value is -3.40. The second kappa shape index (κ2) is 7.63. The Kier molecular flexibility index (Phi) is 4.89. The van der Waals surface area contributed by atoms with Crippen molar-refractivity contribution in [3.8, 4) is 5.75 Å². The van der Waals surface area contributed by atoms with Gasteiger partial charge < -0.3 is 21.1 Å². The zero-order chi connectivity index (χ0) is 22.5. The quantitative estimate of drug-likeness (QED) is 0.608. The number of hydrogen-bond acceptors (Lipinski definition) is 6. The normalized spacial score (nSPS) is 21.6. The molecule has 4 N–H and O–H groups in total. The first-order chi connectivity index (χ1) is 15.4. The summed E-state index contributed by atoms with van der Waals surface area (Å²) in [4.78, 5) is 52.8. The first-order valence-corrected chi connectivity index (χ1v) is 11.3. The summed E-state index contributed by atoms with van der Waals surface area (Å²) in [7, 11) is 0. The average molecular weight is 455 g/mol. The molecule has 5 amide bonds. The number of benzene rings is 1. The van der Waals surface area contributed by atoms with Crippen LogP contribution in [0.1, 0.15) is 45.6 Å². The monoisotopic (exact) mass is 454 g/mol. The number of para-hydroxylation sites is 1. The largest absolute Gasteiger partial charge is 0.493 e. The summed E-state index contributed by atoms with van der Waals surface area (Å²) in [5.74, 6) is -1.11. The molecule has 1 aromatic carbocycles. The zero-order valence-electron chi connectivity index (χ0n) is 17.2. The number of amides is 5. The number of primary amides is 1. The Bertz CT molecular complexity index is 1160. The zero-order valence-corrected chi connectivity index (χ0v) is 18.0. The average Bonchev–Trinajstić information content (AvgIpc) is 3.24. The molecule has 1 aromatic heterocycles. The van der Waals surface area contributed by atoms with Gasteiger partial charge in [-0.3, -0.25) is 19.3 Å². The summed E-state index contributed by atoms with van der Waals surface area (Å²) in [6, 6.07) is 6.41. The van der Waals surface area contributed by atoms with Crippen LogP contribution < -0.4 is 21.1 Å². The third kappa shape index (κ3) is 3.13.